The molecule has 0 spiro atoms. The Hall–Kier alpha value is 0.720. The predicted octanol–water partition coefficient (Wildman–Crippen LogP) is 13.8. The van der Waals surface area contributed by atoms with E-state index in [2.05, 4.69) is 212 Å². The van der Waals surface area contributed by atoms with Crippen molar-refractivity contribution < 1.29 is 0 Å². The van der Waals surface area contributed by atoms with Crippen LogP contribution in [0.4, 0.5) is 0 Å². The van der Waals surface area contributed by atoms with Crippen molar-refractivity contribution in [2.45, 2.75) is 14.9 Å². The minimum absolute atomic E-state index is 0.00862. The van der Waals surface area contributed by atoms with Crippen LogP contribution in [0.5, 0.6) is 0 Å². The van der Waals surface area contributed by atoms with Crippen LogP contribution in [0.15, 0.2) is 84.9 Å². The molecule has 0 aliphatic heterocycles. The Labute approximate surface area is 279 Å². The maximum atomic E-state index is 3.76. The van der Waals surface area contributed by atoms with E-state index < -0.39 is 0 Å². The lowest BCUT2D eigenvalue weighted by atomic mass is 9.87. The average molecular weight is 994 g/mol. The number of halogens is 8. The van der Waals surface area contributed by atoms with Gasteiger partial charge in [-0.05, 0) is 73.8 Å². The van der Waals surface area contributed by atoms with Crippen molar-refractivity contribution in [1.29, 1.82) is 0 Å². The fraction of sp³-hybridized carbons (Fsp3) is 0.143. The second-order valence-electron chi connectivity index (χ2n) is 7.99. The van der Waals surface area contributed by atoms with Gasteiger partial charge in [-0.2, -0.15) is 0 Å². The van der Waals surface area contributed by atoms with Gasteiger partial charge in [-0.25, -0.2) is 0 Å². The molecule has 0 aliphatic carbocycles. The summed E-state index contributed by atoms with van der Waals surface area (Å²) < 4.78 is 0.0345. The van der Waals surface area contributed by atoms with Crippen molar-refractivity contribution in [3.63, 3.8) is 0 Å². The lowest BCUT2D eigenvalue weighted by molar-refractivity contribution is 1.32. The highest BCUT2D eigenvalue weighted by atomic mass is 79.9. The first kappa shape index (κ1) is 29.7. The van der Waals surface area contributed by atoms with Crippen molar-refractivity contribution in [3.05, 3.63) is 107 Å². The lowest BCUT2D eigenvalue weighted by Gasteiger charge is -2.22. The first-order valence-electron chi connectivity index (χ1n) is 10.8. The van der Waals surface area contributed by atoms with Gasteiger partial charge >= 0.3 is 0 Å². The molecule has 0 N–H and O–H groups in total. The number of rotatable bonds is 7. The van der Waals surface area contributed by atoms with Crippen LogP contribution >= 0.6 is 127 Å². The molecule has 0 fully saturated rings. The molecule has 4 rings (SSSR count). The Kier molecular flexibility index (Phi) is 11.0. The summed E-state index contributed by atoms with van der Waals surface area (Å²) in [6, 6.07) is 30.2. The Morgan fingerprint density at radius 3 is 1.00 bits per heavy atom. The molecular weight excluding hydrogens is 976 g/mol. The van der Waals surface area contributed by atoms with E-state index >= 15 is 0 Å². The normalized spacial score (nSPS) is 11.8. The average Bonchev–Trinajstić information content (AvgIpc) is 2.87. The van der Waals surface area contributed by atoms with Crippen molar-refractivity contribution >= 4 is 127 Å². The molecule has 4 aromatic rings. The minimum Gasteiger partial charge on any atom is -0.0712 e. The second-order valence-corrected chi connectivity index (χ2v) is 20.2. The molecule has 4 aromatic carbocycles. The molecule has 0 heterocycles. The molecule has 0 atom stereocenters. The van der Waals surface area contributed by atoms with Gasteiger partial charge in [0.2, 0.25) is 0 Å². The van der Waals surface area contributed by atoms with Crippen LogP contribution in [0.1, 0.15) is 37.2 Å². The molecule has 0 unspecified atom stereocenters. The van der Waals surface area contributed by atoms with Crippen molar-refractivity contribution in [1.82, 2.24) is 0 Å². The molecule has 0 amide bonds. The van der Waals surface area contributed by atoms with Gasteiger partial charge in [0.15, 0.2) is 0 Å². The second kappa shape index (κ2) is 13.4. The Morgan fingerprint density at radius 1 is 0.333 bits per heavy atom. The number of hydrogen-bond acceptors (Lipinski definition) is 0. The van der Waals surface area contributed by atoms with E-state index in [0.717, 1.165) is 16.7 Å². The van der Waals surface area contributed by atoms with Gasteiger partial charge in [-0.15, -0.1) is 0 Å². The number of benzene rings is 4. The molecule has 0 aromatic heterocycles. The maximum absolute atomic E-state index is 3.76. The van der Waals surface area contributed by atoms with Gasteiger partial charge in [0.05, 0.1) is 14.9 Å². The van der Waals surface area contributed by atoms with E-state index in [9.17, 15) is 0 Å². The van der Waals surface area contributed by atoms with E-state index in [1.165, 1.54) is 38.9 Å². The van der Waals surface area contributed by atoms with Gasteiger partial charge in [0.1, 0.15) is 0 Å². The molecule has 36 heavy (non-hydrogen) atoms. The quantitative estimate of drug-likeness (QED) is 0.162. The number of alkyl halides is 8. The topological polar surface area (TPSA) is 0 Å². The van der Waals surface area contributed by atoms with Gasteiger partial charge in [-0.1, -0.05) is 194 Å². The van der Waals surface area contributed by atoms with Crippen molar-refractivity contribution in [2.75, 3.05) is 0 Å². The van der Waals surface area contributed by atoms with Gasteiger partial charge in [-0.3, -0.25) is 0 Å². The summed E-state index contributed by atoms with van der Waals surface area (Å²) in [6.45, 7) is 0. The summed E-state index contributed by atoms with van der Waals surface area (Å²) in [5.74, 6) is 0. The SMILES string of the molecule is BrC(Br)c1cccc(C(Br)Br)c1-c1cc(-c2ccccc2)cc(-c2c(C(Br)Br)cccc2C(Br)Br)c1. The van der Waals surface area contributed by atoms with E-state index in [1.54, 1.807) is 0 Å². The van der Waals surface area contributed by atoms with Crippen LogP contribution in [0.3, 0.4) is 0 Å². The molecular formula is C28H18Br8. The Balaban J connectivity index is 2.12. The highest BCUT2D eigenvalue weighted by Gasteiger charge is 2.22. The first-order valence-corrected chi connectivity index (χ1v) is 18.1. The lowest BCUT2D eigenvalue weighted by Crippen LogP contribution is -1.99. The highest BCUT2D eigenvalue weighted by molar-refractivity contribution is 9.25. The summed E-state index contributed by atoms with van der Waals surface area (Å²) >= 11 is 30.1. The molecule has 0 aliphatic rings. The summed E-state index contributed by atoms with van der Waals surface area (Å²) in [5, 5.41) is 0. The first-order chi connectivity index (χ1) is 17.2. The van der Waals surface area contributed by atoms with Crippen LogP contribution in [0.2, 0.25) is 0 Å². The zero-order valence-electron chi connectivity index (χ0n) is 18.4. The van der Waals surface area contributed by atoms with E-state index in [0.29, 0.717) is 0 Å². The Bertz CT molecular complexity index is 1210. The van der Waals surface area contributed by atoms with Crippen LogP contribution < -0.4 is 0 Å². The molecule has 0 bridgehead atoms. The third-order valence-electron chi connectivity index (χ3n) is 5.82. The molecule has 186 valence electrons. The largest absolute Gasteiger partial charge is 0.0952 e. The van der Waals surface area contributed by atoms with Crippen LogP contribution in [0, 0.1) is 0 Å². The minimum atomic E-state index is 0.00862. The maximum Gasteiger partial charge on any atom is 0.0952 e. The molecule has 8 heteroatoms. The van der Waals surface area contributed by atoms with E-state index in [1.807, 2.05) is 0 Å². The number of hydrogen-bond donors (Lipinski definition) is 0. The van der Waals surface area contributed by atoms with Crippen LogP contribution in [-0.4, -0.2) is 0 Å². The standard InChI is InChI=1S/C28H18Br8/c29-25(30)19-8-4-9-20(26(31)32)23(19)17-12-16(15-6-2-1-3-7-15)13-18(14-17)24-21(27(33)34)10-5-11-22(24)28(35)36/h1-14,25-28H. The van der Waals surface area contributed by atoms with E-state index in [-0.39, 0.29) is 14.9 Å². The third-order valence-corrected chi connectivity index (χ3v) is 9.76. The van der Waals surface area contributed by atoms with Crippen LogP contribution in [0.25, 0.3) is 33.4 Å². The summed E-state index contributed by atoms with van der Waals surface area (Å²) in [5.41, 5.74) is 11.6. The highest BCUT2D eigenvalue weighted by Crippen LogP contribution is 2.48. The summed E-state index contributed by atoms with van der Waals surface area (Å²) in [7, 11) is 0. The molecule has 0 radical (unpaired) electrons. The summed E-state index contributed by atoms with van der Waals surface area (Å²) in [6.07, 6.45) is 0. The molecule has 0 saturated heterocycles. The van der Waals surface area contributed by atoms with Crippen LogP contribution in [-0.2, 0) is 0 Å². The zero-order valence-corrected chi connectivity index (χ0v) is 31.1. The predicted molar refractivity (Wildman–Crippen MR) is 185 cm³/mol. The van der Waals surface area contributed by atoms with Crippen molar-refractivity contribution in [2.24, 2.45) is 0 Å². The fourth-order valence-corrected chi connectivity index (χ4v) is 7.34. The van der Waals surface area contributed by atoms with E-state index in [4.69, 9.17) is 0 Å². The summed E-state index contributed by atoms with van der Waals surface area (Å²) in [4.78, 5) is 0. The van der Waals surface area contributed by atoms with Crippen molar-refractivity contribution in [3.8, 4) is 33.4 Å². The zero-order chi connectivity index (χ0) is 26.0. The fourth-order valence-electron chi connectivity index (χ4n) is 4.29. The monoisotopic (exact) mass is 985 g/mol. The molecule has 0 nitrogen and oxygen atoms in total. The van der Waals surface area contributed by atoms with Gasteiger partial charge in [0, 0.05) is 0 Å². The van der Waals surface area contributed by atoms with Gasteiger partial charge in [0.25, 0.3) is 0 Å². The molecule has 0 saturated carbocycles. The van der Waals surface area contributed by atoms with Gasteiger partial charge < -0.3 is 0 Å². The third kappa shape index (κ3) is 6.71. The Morgan fingerprint density at radius 2 is 0.667 bits per heavy atom. The smallest absolute Gasteiger partial charge is 0.0712 e.